The second kappa shape index (κ2) is 9.51. The van der Waals surface area contributed by atoms with Gasteiger partial charge in [-0.1, -0.05) is 49.6 Å². The Labute approximate surface area is 184 Å². The number of rotatable bonds is 6. The number of hydrogen-bond donors (Lipinski definition) is 1. The Morgan fingerprint density at radius 2 is 1.71 bits per heavy atom. The maximum atomic E-state index is 13.7. The van der Waals surface area contributed by atoms with Crippen molar-refractivity contribution in [1.82, 2.24) is 9.80 Å². The number of likely N-dealkylation sites (tertiary alicyclic amines) is 2. The van der Waals surface area contributed by atoms with E-state index in [1.54, 1.807) is 4.90 Å². The molecule has 2 heterocycles. The minimum atomic E-state index is -1.11. The highest BCUT2D eigenvalue weighted by Crippen LogP contribution is 2.41. The first-order chi connectivity index (χ1) is 15.0. The van der Waals surface area contributed by atoms with Gasteiger partial charge < -0.3 is 10.0 Å². The molecule has 3 aliphatic rings. The number of imide groups is 1. The number of carbonyl (C=O) groups is 3. The van der Waals surface area contributed by atoms with Crippen LogP contribution in [0, 0.1) is 11.8 Å². The van der Waals surface area contributed by atoms with Gasteiger partial charge >= 0.3 is 0 Å². The smallest absolute Gasteiger partial charge is 0.240 e. The first-order valence-electron chi connectivity index (χ1n) is 11.8. The molecule has 1 aromatic rings. The summed E-state index contributed by atoms with van der Waals surface area (Å²) in [5.41, 5.74) is -0.362. The first-order valence-corrected chi connectivity index (χ1v) is 11.8. The molecule has 1 aliphatic carbocycles. The van der Waals surface area contributed by atoms with Crippen LogP contribution in [0.15, 0.2) is 30.3 Å². The third kappa shape index (κ3) is 4.54. The number of hydrogen-bond acceptors (Lipinski definition) is 4. The normalized spacial score (nSPS) is 27.7. The molecular formula is C25H34N2O4. The topological polar surface area (TPSA) is 77.9 Å². The maximum absolute atomic E-state index is 13.7. The molecule has 6 heteroatoms. The van der Waals surface area contributed by atoms with E-state index in [1.807, 2.05) is 30.3 Å². The van der Waals surface area contributed by atoms with Gasteiger partial charge in [-0.15, -0.1) is 0 Å². The van der Waals surface area contributed by atoms with Gasteiger partial charge in [-0.05, 0) is 43.1 Å². The summed E-state index contributed by atoms with van der Waals surface area (Å²) in [6.07, 6.45) is 7.51. The van der Waals surface area contributed by atoms with Crippen molar-refractivity contribution in [1.29, 1.82) is 0 Å². The van der Waals surface area contributed by atoms with E-state index >= 15 is 0 Å². The minimum Gasteiger partial charge on any atom is -0.396 e. The molecule has 1 N–H and O–H groups in total. The number of benzene rings is 1. The Bertz CT molecular complexity index is 805. The van der Waals surface area contributed by atoms with Gasteiger partial charge in [0.1, 0.15) is 0 Å². The van der Waals surface area contributed by atoms with E-state index in [1.165, 1.54) is 11.3 Å². The molecule has 1 aromatic carbocycles. The summed E-state index contributed by atoms with van der Waals surface area (Å²) in [6.45, 7) is 1.72. The first kappa shape index (κ1) is 22.0. The minimum absolute atomic E-state index is 0.0148. The summed E-state index contributed by atoms with van der Waals surface area (Å²) >= 11 is 0. The lowest BCUT2D eigenvalue weighted by molar-refractivity contribution is -0.144. The van der Waals surface area contributed by atoms with Crippen molar-refractivity contribution in [2.24, 2.45) is 11.8 Å². The zero-order valence-corrected chi connectivity index (χ0v) is 18.3. The largest absolute Gasteiger partial charge is 0.396 e. The molecule has 4 rings (SSSR count). The van der Waals surface area contributed by atoms with Crippen molar-refractivity contribution >= 4 is 17.7 Å². The van der Waals surface area contributed by atoms with E-state index in [0.717, 1.165) is 44.1 Å². The van der Waals surface area contributed by atoms with Gasteiger partial charge in [0.25, 0.3) is 0 Å². The SMILES string of the molecule is O=C(CC1(c2ccccc2)CC(=O)N(CC2CCCCC2)C1=O)N1CCCC(CO)C1. The fraction of sp³-hybridized carbons (Fsp3) is 0.640. The Kier molecular flexibility index (Phi) is 6.75. The van der Waals surface area contributed by atoms with Crippen LogP contribution in [-0.2, 0) is 19.8 Å². The zero-order valence-electron chi connectivity index (χ0n) is 18.3. The van der Waals surface area contributed by atoms with Crippen LogP contribution in [0.25, 0.3) is 0 Å². The van der Waals surface area contributed by atoms with Crippen LogP contribution in [0.1, 0.15) is 63.4 Å². The van der Waals surface area contributed by atoms with Crippen LogP contribution in [0.5, 0.6) is 0 Å². The summed E-state index contributed by atoms with van der Waals surface area (Å²) in [5.74, 6) is 0.00512. The summed E-state index contributed by atoms with van der Waals surface area (Å²) in [6, 6.07) is 9.36. The standard InChI is InChI=1S/C25H34N2O4/c28-18-20-10-7-13-26(16-20)22(29)14-25(21-11-5-2-6-12-21)15-23(30)27(24(25)31)17-19-8-3-1-4-9-19/h2,5-6,11-12,19-20,28H,1,3-4,7-10,13-18H2. The summed E-state index contributed by atoms with van der Waals surface area (Å²) in [4.78, 5) is 43.3. The lowest BCUT2D eigenvalue weighted by atomic mass is 9.75. The molecule has 168 valence electrons. The molecule has 0 spiro atoms. The number of aliphatic hydroxyl groups excluding tert-OH is 1. The zero-order chi connectivity index (χ0) is 21.8. The number of piperidine rings is 1. The highest BCUT2D eigenvalue weighted by Gasteiger charge is 2.54. The van der Waals surface area contributed by atoms with Crippen molar-refractivity contribution < 1.29 is 19.5 Å². The monoisotopic (exact) mass is 426 g/mol. The Hall–Kier alpha value is -2.21. The van der Waals surface area contributed by atoms with Crippen LogP contribution in [0.4, 0.5) is 0 Å². The highest BCUT2D eigenvalue weighted by molar-refractivity contribution is 6.10. The average Bonchev–Trinajstić information content (AvgIpc) is 3.05. The predicted octanol–water partition coefficient (Wildman–Crippen LogP) is 2.88. The van der Waals surface area contributed by atoms with Gasteiger partial charge in [0.05, 0.1) is 5.41 Å². The molecule has 2 aliphatic heterocycles. The molecule has 0 bridgehead atoms. The van der Waals surface area contributed by atoms with Crippen LogP contribution in [-0.4, -0.2) is 58.9 Å². The lowest BCUT2D eigenvalue weighted by Gasteiger charge is -2.35. The van der Waals surface area contributed by atoms with E-state index in [0.29, 0.717) is 25.6 Å². The van der Waals surface area contributed by atoms with E-state index in [2.05, 4.69) is 0 Å². The number of carbonyl (C=O) groups excluding carboxylic acids is 3. The fourth-order valence-electron chi connectivity index (χ4n) is 5.65. The van der Waals surface area contributed by atoms with Crippen LogP contribution >= 0.6 is 0 Å². The second-order valence-electron chi connectivity index (χ2n) is 9.65. The lowest BCUT2D eigenvalue weighted by Crippen LogP contribution is -2.47. The second-order valence-corrected chi connectivity index (χ2v) is 9.65. The van der Waals surface area contributed by atoms with Crippen molar-refractivity contribution in [2.45, 2.75) is 63.2 Å². The maximum Gasteiger partial charge on any atom is 0.240 e. The van der Waals surface area contributed by atoms with E-state index in [4.69, 9.17) is 0 Å². The third-order valence-electron chi connectivity index (χ3n) is 7.48. The van der Waals surface area contributed by atoms with Crippen LogP contribution in [0.3, 0.4) is 0 Å². The Morgan fingerprint density at radius 1 is 1.00 bits per heavy atom. The molecule has 2 saturated heterocycles. The van der Waals surface area contributed by atoms with E-state index in [9.17, 15) is 19.5 Å². The average molecular weight is 427 g/mol. The highest BCUT2D eigenvalue weighted by atomic mass is 16.3. The fourth-order valence-corrected chi connectivity index (χ4v) is 5.65. The molecule has 1 saturated carbocycles. The van der Waals surface area contributed by atoms with Gasteiger partial charge in [-0.3, -0.25) is 19.3 Å². The van der Waals surface area contributed by atoms with Gasteiger partial charge in [0.2, 0.25) is 17.7 Å². The molecule has 2 unspecified atom stereocenters. The van der Waals surface area contributed by atoms with Crippen molar-refractivity contribution in [3.8, 4) is 0 Å². The molecule has 0 aromatic heterocycles. The van der Waals surface area contributed by atoms with Gasteiger partial charge in [0.15, 0.2) is 0 Å². The molecule has 31 heavy (non-hydrogen) atoms. The summed E-state index contributed by atoms with van der Waals surface area (Å²) < 4.78 is 0. The van der Waals surface area contributed by atoms with E-state index < -0.39 is 5.41 Å². The Morgan fingerprint density at radius 3 is 2.42 bits per heavy atom. The summed E-state index contributed by atoms with van der Waals surface area (Å²) in [7, 11) is 0. The molecule has 6 nitrogen and oxygen atoms in total. The van der Waals surface area contributed by atoms with Gasteiger partial charge in [-0.2, -0.15) is 0 Å². The number of amides is 3. The molecule has 2 atom stereocenters. The van der Waals surface area contributed by atoms with Crippen LogP contribution in [0.2, 0.25) is 0 Å². The van der Waals surface area contributed by atoms with Crippen molar-refractivity contribution in [3.63, 3.8) is 0 Å². The molecule has 3 fully saturated rings. The third-order valence-corrected chi connectivity index (χ3v) is 7.48. The van der Waals surface area contributed by atoms with Gasteiger partial charge in [-0.25, -0.2) is 0 Å². The van der Waals surface area contributed by atoms with Crippen molar-refractivity contribution in [3.05, 3.63) is 35.9 Å². The summed E-state index contributed by atoms with van der Waals surface area (Å²) in [5, 5.41) is 9.53. The van der Waals surface area contributed by atoms with Crippen LogP contribution < -0.4 is 0 Å². The molecule has 0 radical (unpaired) electrons. The predicted molar refractivity (Wildman–Crippen MR) is 117 cm³/mol. The van der Waals surface area contributed by atoms with Crippen molar-refractivity contribution in [2.75, 3.05) is 26.2 Å². The number of aliphatic hydroxyl groups is 1. The quantitative estimate of drug-likeness (QED) is 0.710. The number of nitrogens with zero attached hydrogens (tertiary/aromatic N) is 2. The van der Waals surface area contributed by atoms with E-state index in [-0.39, 0.29) is 43.1 Å². The molecular weight excluding hydrogens is 392 g/mol. The Balaban J connectivity index is 1.58. The molecule has 3 amide bonds. The van der Waals surface area contributed by atoms with Gasteiger partial charge in [0, 0.05) is 39.1 Å².